The summed E-state index contributed by atoms with van der Waals surface area (Å²) < 4.78 is 15.9. The molecule has 0 aliphatic carbocycles. The van der Waals surface area contributed by atoms with Crippen LogP contribution in [0, 0.1) is 25.1 Å². The van der Waals surface area contributed by atoms with Gasteiger partial charge in [0.15, 0.2) is 0 Å². The molecule has 0 saturated heterocycles. The van der Waals surface area contributed by atoms with Crippen molar-refractivity contribution in [3.8, 4) is 5.69 Å². The van der Waals surface area contributed by atoms with E-state index in [1.54, 1.807) is 17.6 Å². The molecule has 2 aromatic carbocycles. The number of halogens is 1. The van der Waals surface area contributed by atoms with Crippen LogP contribution < -0.4 is 5.32 Å². The Bertz CT molecular complexity index is 983. The lowest BCUT2D eigenvalue weighted by Gasteiger charge is -2.17. The van der Waals surface area contributed by atoms with E-state index in [2.05, 4.69) is 10.3 Å². The Kier molecular flexibility index (Phi) is 4.57. The number of aromatic nitrogens is 2. The number of aryl methyl sites for hydroxylation is 2. The van der Waals surface area contributed by atoms with Gasteiger partial charge in [-0.25, -0.2) is 9.37 Å². The molecule has 5 heteroatoms. The first kappa shape index (κ1) is 18.1. The summed E-state index contributed by atoms with van der Waals surface area (Å²) in [5, 5.41) is 2.90. The van der Waals surface area contributed by atoms with Crippen molar-refractivity contribution in [1.29, 1.82) is 0 Å². The van der Waals surface area contributed by atoms with E-state index in [9.17, 15) is 9.18 Å². The van der Waals surface area contributed by atoms with E-state index in [1.165, 1.54) is 6.07 Å². The van der Waals surface area contributed by atoms with Crippen molar-refractivity contribution in [2.45, 2.75) is 41.0 Å². The van der Waals surface area contributed by atoms with Crippen LogP contribution in [0.5, 0.6) is 0 Å². The molecule has 0 aliphatic heterocycles. The minimum atomic E-state index is -0.288. The van der Waals surface area contributed by atoms with Crippen LogP contribution in [0.25, 0.3) is 16.7 Å². The highest BCUT2D eigenvalue weighted by Gasteiger charge is 2.20. The SMILES string of the molecule is Cc1ccc2nc(NC(=O)CC(C)(C)C)n(-c3ccc(C)c(F)c3)c2c1. The van der Waals surface area contributed by atoms with Gasteiger partial charge in [0.2, 0.25) is 11.9 Å². The van der Waals surface area contributed by atoms with E-state index < -0.39 is 0 Å². The number of anilines is 1. The van der Waals surface area contributed by atoms with Crippen molar-refractivity contribution in [2.75, 3.05) is 5.32 Å². The number of nitrogens with one attached hydrogen (secondary N) is 1. The molecule has 0 saturated carbocycles. The standard InChI is InChI=1S/C21H24FN3O/c1-13-6-9-17-18(10-13)25(15-8-7-14(2)16(22)11-15)20(23-17)24-19(26)12-21(3,4)5/h6-11H,12H2,1-5H3,(H,23,24,26). The van der Waals surface area contributed by atoms with E-state index in [-0.39, 0.29) is 17.1 Å². The minimum absolute atomic E-state index is 0.113. The van der Waals surface area contributed by atoms with Crippen LogP contribution in [0.2, 0.25) is 0 Å². The third-order valence-corrected chi connectivity index (χ3v) is 4.17. The lowest BCUT2D eigenvalue weighted by atomic mass is 9.92. The molecule has 3 aromatic rings. The van der Waals surface area contributed by atoms with Crippen LogP contribution in [0.4, 0.5) is 10.3 Å². The summed E-state index contributed by atoms with van der Waals surface area (Å²) >= 11 is 0. The minimum Gasteiger partial charge on any atom is -0.296 e. The molecule has 3 rings (SSSR count). The van der Waals surface area contributed by atoms with Gasteiger partial charge in [-0.15, -0.1) is 0 Å². The molecular formula is C21H24FN3O. The second-order valence-corrected chi connectivity index (χ2v) is 7.98. The summed E-state index contributed by atoms with van der Waals surface area (Å²) in [6.07, 6.45) is 0.373. The molecular weight excluding hydrogens is 329 g/mol. The maximum absolute atomic E-state index is 14.1. The second kappa shape index (κ2) is 6.56. The van der Waals surface area contributed by atoms with E-state index in [0.29, 0.717) is 23.6 Å². The monoisotopic (exact) mass is 353 g/mol. The van der Waals surface area contributed by atoms with Gasteiger partial charge in [0.1, 0.15) is 5.82 Å². The van der Waals surface area contributed by atoms with Crippen molar-refractivity contribution < 1.29 is 9.18 Å². The van der Waals surface area contributed by atoms with E-state index in [0.717, 1.165) is 16.6 Å². The van der Waals surface area contributed by atoms with Crippen molar-refractivity contribution in [3.63, 3.8) is 0 Å². The van der Waals surface area contributed by atoms with Crippen LogP contribution in [-0.2, 0) is 4.79 Å². The third kappa shape index (κ3) is 3.77. The molecule has 0 unspecified atom stereocenters. The van der Waals surface area contributed by atoms with Crippen LogP contribution in [-0.4, -0.2) is 15.5 Å². The van der Waals surface area contributed by atoms with E-state index in [1.807, 2.05) is 52.0 Å². The predicted molar refractivity (Wildman–Crippen MR) is 103 cm³/mol. The fraction of sp³-hybridized carbons (Fsp3) is 0.333. The average Bonchev–Trinajstić information content (AvgIpc) is 2.85. The quantitative estimate of drug-likeness (QED) is 0.707. The number of fused-ring (bicyclic) bond motifs is 1. The van der Waals surface area contributed by atoms with Gasteiger partial charge >= 0.3 is 0 Å². The molecule has 1 heterocycles. The molecule has 0 aliphatic rings. The summed E-state index contributed by atoms with van der Waals surface area (Å²) in [4.78, 5) is 17.0. The van der Waals surface area contributed by atoms with E-state index >= 15 is 0 Å². The zero-order valence-corrected chi connectivity index (χ0v) is 15.9. The Balaban J connectivity index is 2.13. The maximum Gasteiger partial charge on any atom is 0.227 e. The topological polar surface area (TPSA) is 46.9 Å². The summed E-state index contributed by atoms with van der Waals surface area (Å²) in [5.74, 6) is 0.00503. The highest BCUT2D eigenvalue weighted by atomic mass is 19.1. The number of imidazole rings is 1. The second-order valence-electron chi connectivity index (χ2n) is 7.98. The lowest BCUT2D eigenvalue weighted by Crippen LogP contribution is -2.21. The summed E-state index contributed by atoms with van der Waals surface area (Å²) in [7, 11) is 0. The van der Waals surface area contributed by atoms with Gasteiger partial charge in [-0.2, -0.15) is 0 Å². The fourth-order valence-electron chi connectivity index (χ4n) is 2.90. The average molecular weight is 353 g/mol. The Morgan fingerprint density at radius 1 is 1.15 bits per heavy atom. The Morgan fingerprint density at radius 3 is 2.54 bits per heavy atom. The molecule has 1 N–H and O–H groups in total. The number of hydrogen-bond donors (Lipinski definition) is 1. The molecule has 0 atom stereocenters. The van der Waals surface area contributed by atoms with Gasteiger partial charge in [-0.1, -0.05) is 32.9 Å². The Morgan fingerprint density at radius 2 is 1.88 bits per heavy atom. The number of rotatable bonds is 3. The molecule has 0 radical (unpaired) electrons. The number of nitrogens with zero attached hydrogens (tertiary/aromatic N) is 2. The number of amides is 1. The predicted octanol–water partition coefficient (Wildman–Crippen LogP) is 5.16. The van der Waals surface area contributed by atoms with Crippen molar-refractivity contribution in [1.82, 2.24) is 9.55 Å². The molecule has 0 fully saturated rings. The molecule has 0 bridgehead atoms. The highest BCUT2D eigenvalue weighted by Crippen LogP contribution is 2.27. The number of carbonyl (C=O) groups is 1. The van der Waals surface area contributed by atoms with Crippen LogP contribution in [0.3, 0.4) is 0 Å². The summed E-state index contributed by atoms with van der Waals surface area (Å²) in [6, 6.07) is 10.9. The van der Waals surface area contributed by atoms with Crippen molar-refractivity contribution >= 4 is 22.9 Å². The molecule has 1 amide bonds. The van der Waals surface area contributed by atoms with E-state index in [4.69, 9.17) is 0 Å². The largest absolute Gasteiger partial charge is 0.296 e. The summed E-state index contributed by atoms with van der Waals surface area (Å²) in [5.41, 5.74) is 3.73. The first-order valence-corrected chi connectivity index (χ1v) is 8.69. The van der Waals surface area contributed by atoms with Crippen molar-refractivity contribution in [3.05, 3.63) is 53.3 Å². The van der Waals surface area contributed by atoms with Gasteiger partial charge < -0.3 is 0 Å². The normalized spacial score (nSPS) is 11.8. The van der Waals surface area contributed by atoms with Gasteiger partial charge in [0, 0.05) is 6.42 Å². The van der Waals surface area contributed by atoms with Crippen LogP contribution >= 0.6 is 0 Å². The third-order valence-electron chi connectivity index (χ3n) is 4.17. The van der Waals surface area contributed by atoms with Gasteiger partial charge in [-0.05, 0) is 54.7 Å². The summed E-state index contributed by atoms with van der Waals surface area (Å²) in [6.45, 7) is 9.74. The molecule has 4 nitrogen and oxygen atoms in total. The highest BCUT2D eigenvalue weighted by molar-refractivity contribution is 5.92. The van der Waals surface area contributed by atoms with Crippen molar-refractivity contribution in [2.24, 2.45) is 5.41 Å². The smallest absolute Gasteiger partial charge is 0.227 e. The van der Waals surface area contributed by atoms with Gasteiger partial charge in [0.05, 0.1) is 16.7 Å². The molecule has 1 aromatic heterocycles. The molecule has 0 spiro atoms. The molecule has 26 heavy (non-hydrogen) atoms. The zero-order chi connectivity index (χ0) is 19.1. The number of hydrogen-bond acceptors (Lipinski definition) is 2. The maximum atomic E-state index is 14.1. The van der Waals surface area contributed by atoms with Gasteiger partial charge in [0.25, 0.3) is 0 Å². The Hall–Kier alpha value is -2.69. The Labute approximate surface area is 153 Å². The number of carbonyl (C=O) groups excluding carboxylic acids is 1. The first-order valence-electron chi connectivity index (χ1n) is 8.69. The fourth-order valence-corrected chi connectivity index (χ4v) is 2.90. The molecule has 136 valence electrons. The van der Waals surface area contributed by atoms with Crippen LogP contribution in [0.1, 0.15) is 38.3 Å². The van der Waals surface area contributed by atoms with Gasteiger partial charge in [-0.3, -0.25) is 14.7 Å². The first-order chi connectivity index (χ1) is 12.1. The number of benzene rings is 2. The lowest BCUT2D eigenvalue weighted by molar-refractivity contribution is -0.117. The van der Waals surface area contributed by atoms with Crippen LogP contribution in [0.15, 0.2) is 36.4 Å². The zero-order valence-electron chi connectivity index (χ0n) is 15.9.